The average Bonchev–Trinajstić information content (AvgIpc) is 3.27. The number of benzene rings is 3. The van der Waals surface area contributed by atoms with Gasteiger partial charge in [-0.05, 0) is 25.0 Å². The fourth-order valence-corrected chi connectivity index (χ4v) is 3.99. The molecule has 0 saturated carbocycles. The molecule has 1 heterocycles. The quantitative estimate of drug-likeness (QED) is 0.399. The zero-order valence-corrected chi connectivity index (χ0v) is 18.3. The minimum Gasteiger partial charge on any atom is -0.344 e. The van der Waals surface area contributed by atoms with Crippen LogP contribution in [0.25, 0.3) is 11.4 Å². The molecule has 0 aliphatic rings. The lowest BCUT2D eigenvalue weighted by molar-refractivity contribution is -0.120. The van der Waals surface area contributed by atoms with E-state index in [2.05, 4.69) is 20.5 Å². The molecule has 0 spiro atoms. The first kappa shape index (κ1) is 20.9. The number of aryl methyl sites for hydroxylation is 1. The monoisotopic (exact) mass is 428 g/mol. The van der Waals surface area contributed by atoms with Crippen molar-refractivity contribution in [1.29, 1.82) is 0 Å². The number of nitrogens with zero attached hydrogens (tertiary/aromatic N) is 2. The topological polar surface area (TPSA) is 70.7 Å². The van der Waals surface area contributed by atoms with Gasteiger partial charge >= 0.3 is 0 Å². The molecule has 0 aliphatic heterocycles. The van der Waals surface area contributed by atoms with E-state index in [4.69, 9.17) is 0 Å². The number of rotatable bonds is 7. The van der Waals surface area contributed by atoms with Gasteiger partial charge in [-0.25, -0.2) is 4.98 Å². The van der Waals surface area contributed by atoms with Crippen molar-refractivity contribution in [2.24, 2.45) is 0 Å². The van der Waals surface area contributed by atoms with Crippen LogP contribution in [-0.4, -0.2) is 26.3 Å². The van der Waals surface area contributed by atoms with E-state index in [1.807, 2.05) is 98.8 Å². The number of aromatic nitrogens is 3. The van der Waals surface area contributed by atoms with Gasteiger partial charge in [0.15, 0.2) is 5.82 Å². The van der Waals surface area contributed by atoms with E-state index in [1.54, 1.807) is 0 Å². The Morgan fingerprint density at radius 3 is 2.06 bits per heavy atom. The van der Waals surface area contributed by atoms with Gasteiger partial charge in [0.2, 0.25) is 11.1 Å². The normalized spacial score (nSPS) is 12.0. The molecule has 3 aromatic carbocycles. The molecule has 0 saturated heterocycles. The zero-order valence-electron chi connectivity index (χ0n) is 17.4. The van der Waals surface area contributed by atoms with Gasteiger partial charge in [-0.1, -0.05) is 102 Å². The van der Waals surface area contributed by atoms with Crippen molar-refractivity contribution in [3.8, 4) is 11.4 Å². The van der Waals surface area contributed by atoms with Crippen LogP contribution < -0.4 is 5.32 Å². The van der Waals surface area contributed by atoms with Crippen molar-refractivity contribution in [1.82, 2.24) is 20.5 Å². The molecule has 0 radical (unpaired) electrons. The van der Waals surface area contributed by atoms with Gasteiger partial charge < -0.3 is 5.32 Å². The van der Waals surface area contributed by atoms with Crippen LogP contribution in [0, 0.1) is 6.92 Å². The highest BCUT2D eigenvalue weighted by atomic mass is 32.2. The highest BCUT2D eigenvalue weighted by Crippen LogP contribution is 2.26. The van der Waals surface area contributed by atoms with E-state index in [0.717, 1.165) is 16.7 Å². The fraction of sp³-hybridized carbons (Fsp3) is 0.160. The molecule has 31 heavy (non-hydrogen) atoms. The highest BCUT2D eigenvalue weighted by Gasteiger charge is 2.22. The smallest absolute Gasteiger partial charge is 0.234 e. The lowest BCUT2D eigenvalue weighted by Crippen LogP contribution is -2.35. The van der Waals surface area contributed by atoms with E-state index < -0.39 is 0 Å². The van der Waals surface area contributed by atoms with Crippen LogP contribution in [0.2, 0.25) is 0 Å². The number of hydrogen-bond acceptors (Lipinski definition) is 4. The van der Waals surface area contributed by atoms with Crippen LogP contribution in [0.3, 0.4) is 0 Å². The summed E-state index contributed by atoms with van der Waals surface area (Å²) < 4.78 is 0. The molecular weight excluding hydrogens is 404 g/mol. The van der Waals surface area contributed by atoms with Crippen LogP contribution in [-0.2, 0) is 4.79 Å². The summed E-state index contributed by atoms with van der Waals surface area (Å²) in [5.41, 5.74) is 4.24. The predicted octanol–water partition coefficient (Wildman–Crippen LogP) is 5.17. The molecule has 1 aromatic heterocycles. The third kappa shape index (κ3) is 5.22. The maximum atomic E-state index is 13.0. The number of hydrogen-bond donors (Lipinski definition) is 2. The second kappa shape index (κ2) is 9.62. The molecule has 0 bridgehead atoms. The van der Waals surface area contributed by atoms with Crippen molar-refractivity contribution in [3.05, 3.63) is 102 Å². The molecule has 156 valence electrons. The van der Waals surface area contributed by atoms with Gasteiger partial charge in [0.05, 0.1) is 11.3 Å². The van der Waals surface area contributed by atoms with Gasteiger partial charge in [-0.2, -0.15) is 0 Å². The number of aromatic amines is 1. The highest BCUT2D eigenvalue weighted by molar-refractivity contribution is 8.00. The number of nitrogens with one attached hydrogen (secondary N) is 2. The third-order valence-electron chi connectivity index (χ3n) is 4.99. The lowest BCUT2D eigenvalue weighted by Gasteiger charge is -2.21. The molecule has 5 nitrogen and oxygen atoms in total. The number of carbonyl (C=O) groups excluding carboxylic acids is 1. The van der Waals surface area contributed by atoms with Crippen molar-refractivity contribution in [2.45, 2.75) is 30.3 Å². The predicted molar refractivity (Wildman–Crippen MR) is 125 cm³/mol. The molecule has 1 atom stereocenters. The molecular formula is C25H24N4OS. The zero-order chi connectivity index (χ0) is 21.6. The molecule has 1 unspecified atom stereocenters. The Balaban J connectivity index is 1.46. The summed E-state index contributed by atoms with van der Waals surface area (Å²) in [6.45, 7) is 3.92. The SMILES string of the molecule is Cc1ccc(-c2nc(SC(C)C(=O)NC(c3ccccc3)c3ccccc3)n[nH]2)cc1. The second-order valence-corrected chi connectivity index (χ2v) is 8.66. The molecule has 0 aliphatic carbocycles. The Labute approximate surface area is 186 Å². The summed E-state index contributed by atoms with van der Waals surface area (Å²) >= 11 is 1.34. The third-order valence-corrected chi connectivity index (χ3v) is 5.95. The largest absolute Gasteiger partial charge is 0.344 e. The Kier molecular flexibility index (Phi) is 6.48. The van der Waals surface area contributed by atoms with Crippen LogP contribution in [0.4, 0.5) is 0 Å². The number of thioether (sulfide) groups is 1. The first-order valence-corrected chi connectivity index (χ1v) is 11.0. The van der Waals surface area contributed by atoms with E-state index in [-0.39, 0.29) is 17.2 Å². The van der Waals surface area contributed by atoms with Crippen molar-refractivity contribution >= 4 is 17.7 Å². The Hall–Kier alpha value is -3.38. The molecule has 4 aromatic rings. The van der Waals surface area contributed by atoms with E-state index in [1.165, 1.54) is 17.3 Å². The Morgan fingerprint density at radius 1 is 0.903 bits per heavy atom. The summed E-state index contributed by atoms with van der Waals surface area (Å²) in [6, 6.07) is 27.8. The van der Waals surface area contributed by atoms with E-state index >= 15 is 0 Å². The minimum absolute atomic E-state index is 0.0654. The fourth-order valence-electron chi connectivity index (χ4n) is 3.26. The number of amides is 1. The first-order chi connectivity index (χ1) is 15.1. The van der Waals surface area contributed by atoms with Gasteiger partial charge in [-0.3, -0.25) is 9.89 Å². The maximum Gasteiger partial charge on any atom is 0.234 e. The van der Waals surface area contributed by atoms with Gasteiger partial charge in [0, 0.05) is 5.56 Å². The second-order valence-electron chi connectivity index (χ2n) is 7.36. The summed E-state index contributed by atoms with van der Waals surface area (Å²) in [6.07, 6.45) is 0. The summed E-state index contributed by atoms with van der Waals surface area (Å²) in [5, 5.41) is 10.6. The first-order valence-electron chi connectivity index (χ1n) is 10.2. The summed E-state index contributed by atoms with van der Waals surface area (Å²) in [4.78, 5) is 17.6. The van der Waals surface area contributed by atoms with Crippen molar-refractivity contribution in [2.75, 3.05) is 0 Å². The van der Waals surface area contributed by atoms with Gasteiger partial charge in [0.1, 0.15) is 0 Å². The molecule has 0 fully saturated rings. The van der Waals surface area contributed by atoms with Crippen molar-refractivity contribution in [3.63, 3.8) is 0 Å². The lowest BCUT2D eigenvalue weighted by atomic mass is 9.98. The van der Waals surface area contributed by atoms with E-state index in [0.29, 0.717) is 11.0 Å². The summed E-state index contributed by atoms with van der Waals surface area (Å²) in [5.74, 6) is 0.631. The van der Waals surface area contributed by atoms with Crippen molar-refractivity contribution < 1.29 is 4.79 Å². The number of H-pyrrole nitrogens is 1. The minimum atomic E-state index is -0.350. The van der Waals surface area contributed by atoms with Gasteiger partial charge in [0.25, 0.3) is 0 Å². The average molecular weight is 429 g/mol. The maximum absolute atomic E-state index is 13.0. The van der Waals surface area contributed by atoms with Gasteiger partial charge in [-0.15, -0.1) is 5.10 Å². The standard InChI is InChI=1S/C25H24N4OS/c1-17-13-15-21(16-14-17)23-27-25(29-28-23)31-18(2)24(30)26-22(19-9-5-3-6-10-19)20-11-7-4-8-12-20/h3-16,18,22H,1-2H3,(H,26,30)(H,27,28,29). The molecule has 4 rings (SSSR count). The van der Waals surface area contributed by atoms with Crippen LogP contribution in [0.15, 0.2) is 90.1 Å². The Bertz CT molecular complexity index is 1090. The molecule has 1 amide bonds. The summed E-state index contributed by atoms with van der Waals surface area (Å²) in [7, 11) is 0. The van der Waals surface area contributed by atoms with Crippen LogP contribution in [0.5, 0.6) is 0 Å². The van der Waals surface area contributed by atoms with Crippen LogP contribution >= 0.6 is 11.8 Å². The molecule has 2 N–H and O–H groups in total. The van der Waals surface area contributed by atoms with E-state index in [9.17, 15) is 4.79 Å². The number of carbonyl (C=O) groups is 1. The Morgan fingerprint density at radius 2 is 1.48 bits per heavy atom. The molecule has 6 heteroatoms. The van der Waals surface area contributed by atoms with Crippen LogP contribution in [0.1, 0.15) is 29.7 Å².